The number of imide groups is 1. The zero-order valence-electron chi connectivity index (χ0n) is 21.9. The van der Waals surface area contributed by atoms with E-state index in [0.29, 0.717) is 23.7 Å². The molecule has 2 amide bonds. The third-order valence-electron chi connectivity index (χ3n) is 5.58. The number of aryl methyl sites for hydroxylation is 1. The highest BCUT2D eigenvalue weighted by molar-refractivity contribution is 8.15. The van der Waals surface area contributed by atoms with Crippen LogP contribution in [0.3, 0.4) is 0 Å². The van der Waals surface area contributed by atoms with Crippen LogP contribution in [0.15, 0.2) is 62.2 Å². The number of hydrogen-bond acceptors (Lipinski definition) is 10. The van der Waals surface area contributed by atoms with Gasteiger partial charge in [-0.1, -0.05) is 67.6 Å². The van der Waals surface area contributed by atoms with Gasteiger partial charge in [0, 0.05) is 5.92 Å². The molecule has 3 aromatic rings. The van der Waals surface area contributed by atoms with Gasteiger partial charge >= 0.3 is 16.2 Å². The van der Waals surface area contributed by atoms with Crippen LogP contribution in [0.4, 0.5) is 4.79 Å². The molecule has 40 heavy (non-hydrogen) atoms. The number of rotatable bonds is 10. The van der Waals surface area contributed by atoms with Crippen molar-refractivity contribution in [2.24, 2.45) is 0 Å². The van der Waals surface area contributed by atoms with E-state index in [1.165, 1.54) is 0 Å². The average molecular weight is 596 g/mol. The van der Waals surface area contributed by atoms with Crippen molar-refractivity contribution in [3.63, 3.8) is 0 Å². The molecular weight excluding hydrogens is 566 g/mol. The van der Waals surface area contributed by atoms with E-state index in [2.05, 4.69) is 5.32 Å². The highest BCUT2D eigenvalue weighted by Crippen LogP contribution is 2.26. The normalized spacial score (nSPS) is 15.9. The van der Waals surface area contributed by atoms with Gasteiger partial charge < -0.3 is 18.3 Å². The molecule has 0 radical (unpaired) electrons. The summed E-state index contributed by atoms with van der Waals surface area (Å²) in [5.41, 5.74) is 2.99. The van der Waals surface area contributed by atoms with Gasteiger partial charge in [-0.3, -0.25) is 24.0 Å². The van der Waals surface area contributed by atoms with Crippen molar-refractivity contribution in [2.75, 3.05) is 6.61 Å². The van der Waals surface area contributed by atoms with Gasteiger partial charge in [0.05, 0.1) is 5.25 Å². The first-order chi connectivity index (χ1) is 18.8. The van der Waals surface area contributed by atoms with E-state index in [4.69, 9.17) is 35.8 Å². The molecule has 12 nitrogen and oxygen atoms in total. The summed E-state index contributed by atoms with van der Waals surface area (Å²) in [6.45, 7) is 6.14. The van der Waals surface area contributed by atoms with Crippen molar-refractivity contribution in [2.45, 2.75) is 51.1 Å². The molecule has 2 aromatic carbocycles. The lowest BCUT2D eigenvalue weighted by molar-refractivity contribution is -0.118. The van der Waals surface area contributed by atoms with Crippen molar-refractivity contribution < 1.29 is 45.4 Å². The standard InChI is InChI=1S/C26H27NO7S.H2O4S/c1-15(2)23-21(33-26(30)34-23)14-32-20(18-8-4-16(3)5-9-18)13-31-19-10-6-17(7-11-19)12-22-24(28)27-25(29)35-22;1-5(2,3)4/h4-11,15,20,22H,12-14H2,1-3H3,(H,27,28,29);(H2,1,2,3,4). The average Bonchev–Trinajstić information content (AvgIpc) is 3.40. The molecule has 14 heteroatoms. The van der Waals surface area contributed by atoms with Crippen molar-refractivity contribution >= 4 is 33.3 Å². The molecule has 1 aliphatic rings. The Labute approximate surface area is 234 Å². The molecule has 1 aliphatic heterocycles. The predicted octanol–water partition coefficient (Wildman–Crippen LogP) is 4.24. The van der Waals surface area contributed by atoms with Gasteiger partial charge in [-0.15, -0.1) is 0 Å². The summed E-state index contributed by atoms with van der Waals surface area (Å²) in [5.74, 6) is 0.482. The SMILES string of the molecule is Cc1ccc(C(COc2ccc(CC3SC(=O)NC3=O)cc2)OCc2oc(=O)oc2C(C)C)cc1.O=S(=O)(O)O. The smallest absolute Gasteiger partial charge is 0.491 e. The summed E-state index contributed by atoms with van der Waals surface area (Å²) in [7, 11) is -4.67. The lowest BCUT2D eigenvalue weighted by Gasteiger charge is -2.19. The van der Waals surface area contributed by atoms with Crippen LogP contribution in [0.2, 0.25) is 0 Å². The number of carbonyl (C=O) groups is 2. The van der Waals surface area contributed by atoms with Gasteiger partial charge in [-0.25, -0.2) is 4.79 Å². The maximum Gasteiger partial charge on any atom is 0.519 e. The van der Waals surface area contributed by atoms with Gasteiger partial charge in [0.2, 0.25) is 5.91 Å². The van der Waals surface area contributed by atoms with Crippen LogP contribution in [-0.2, 0) is 33.0 Å². The van der Waals surface area contributed by atoms with Crippen LogP contribution in [0, 0.1) is 6.92 Å². The van der Waals surface area contributed by atoms with E-state index in [9.17, 15) is 14.4 Å². The van der Waals surface area contributed by atoms with E-state index >= 15 is 0 Å². The first-order valence-corrected chi connectivity index (χ1v) is 14.3. The number of hydrogen-bond donors (Lipinski definition) is 3. The van der Waals surface area contributed by atoms with E-state index in [1.807, 2.05) is 69.3 Å². The molecule has 0 spiro atoms. The summed E-state index contributed by atoms with van der Waals surface area (Å²) in [6, 6.07) is 15.4. The van der Waals surface area contributed by atoms with Crippen molar-refractivity contribution in [1.29, 1.82) is 0 Å². The number of ether oxygens (including phenoxy) is 2. The van der Waals surface area contributed by atoms with Gasteiger partial charge in [-0.05, 0) is 36.6 Å². The topological polar surface area (TPSA) is 183 Å². The summed E-state index contributed by atoms with van der Waals surface area (Å²) < 4.78 is 54.0. The molecule has 0 aliphatic carbocycles. The number of amides is 2. The van der Waals surface area contributed by atoms with Crippen LogP contribution in [0.1, 0.15) is 54.1 Å². The molecule has 0 bridgehead atoms. The molecule has 3 N–H and O–H groups in total. The maximum atomic E-state index is 11.8. The van der Waals surface area contributed by atoms with Gasteiger partial charge in [-0.2, -0.15) is 8.42 Å². The lowest BCUT2D eigenvalue weighted by Crippen LogP contribution is -2.25. The Balaban J connectivity index is 0.000000810. The maximum absolute atomic E-state index is 11.8. The van der Waals surface area contributed by atoms with Crippen molar-refractivity contribution in [1.82, 2.24) is 5.32 Å². The Morgan fingerprint density at radius 2 is 1.62 bits per heavy atom. The van der Waals surface area contributed by atoms with E-state index in [-0.39, 0.29) is 30.3 Å². The van der Waals surface area contributed by atoms with Crippen LogP contribution in [0.5, 0.6) is 5.75 Å². The number of benzene rings is 2. The third kappa shape index (κ3) is 9.95. The van der Waals surface area contributed by atoms with E-state index in [1.54, 1.807) is 0 Å². The highest BCUT2D eigenvalue weighted by Gasteiger charge is 2.31. The van der Waals surface area contributed by atoms with Crippen LogP contribution >= 0.6 is 11.8 Å². The molecule has 0 saturated carbocycles. The predicted molar refractivity (Wildman–Crippen MR) is 145 cm³/mol. The molecule has 2 atom stereocenters. The lowest BCUT2D eigenvalue weighted by atomic mass is 10.1. The minimum Gasteiger partial charge on any atom is -0.491 e. The molecule has 2 heterocycles. The summed E-state index contributed by atoms with van der Waals surface area (Å²) in [4.78, 5) is 34.7. The monoisotopic (exact) mass is 595 g/mol. The van der Waals surface area contributed by atoms with Gasteiger partial charge in [0.25, 0.3) is 5.24 Å². The molecule has 4 rings (SSSR count). The molecule has 1 aromatic heterocycles. The Hall–Kier alpha value is -3.43. The Bertz CT molecular complexity index is 1450. The van der Waals surface area contributed by atoms with Crippen molar-refractivity contribution in [3.8, 4) is 5.75 Å². The largest absolute Gasteiger partial charge is 0.519 e. The van der Waals surface area contributed by atoms with E-state index < -0.39 is 27.6 Å². The molecule has 1 saturated heterocycles. The van der Waals surface area contributed by atoms with Gasteiger partial charge in [0.1, 0.15) is 25.1 Å². The fraction of sp³-hybridized carbons (Fsp3) is 0.346. The number of thioether (sulfide) groups is 1. The van der Waals surface area contributed by atoms with Crippen LogP contribution in [0.25, 0.3) is 0 Å². The Morgan fingerprint density at radius 3 is 2.17 bits per heavy atom. The minimum atomic E-state index is -4.67. The zero-order chi connectivity index (χ0) is 29.4. The fourth-order valence-corrected chi connectivity index (χ4v) is 4.55. The van der Waals surface area contributed by atoms with E-state index in [0.717, 1.165) is 28.5 Å². The minimum absolute atomic E-state index is 0.0144. The molecule has 216 valence electrons. The van der Waals surface area contributed by atoms with Crippen molar-refractivity contribution in [3.05, 3.63) is 87.4 Å². The molecule has 2 unspecified atom stereocenters. The summed E-state index contributed by atoms with van der Waals surface area (Å²) in [6.07, 6.45) is 0.0474. The summed E-state index contributed by atoms with van der Waals surface area (Å²) >= 11 is 1.01. The van der Waals surface area contributed by atoms with Crippen LogP contribution in [-0.4, -0.2) is 40.5 Å². The Morgan fingerprint density at radius 1 is 1.00 bits per heavy atom. The first-order valence-electron chi connectivity index (χ1n) is 12.0. The van der Waals surface area contributed by atoms with Crippen LogP contribution < -0.4 is 15.9 Å². The molecular formula is C26H29NO11S2. The first kappa shape index (κ1) is 31.1. The number of carbonyl (C=O) groups excluding carboxylic acids is 2. The highest BCUT2D eigenvalue weighted by atomic mass is 32.3. The quantitative estimate of drug-likeness (QED) is 0.284. The second kappa shape index (κ2) is 13.8. The van der Waals surface area contributed by atoms with Gasteiger partial charge in [0.15, 0.2) is 11.5 Å². The second-order valence-corrected chi connectivity index (χ2v) is 11.2. The second-order valence-electron chi connectivity index (χ2n) is 9.10. The zero-order valence-corrected chi connectivity index (χ0v) is 23.5. The molecule has 1 fully saturated rings. The third-order valence-corrected chi connectivity index (χ3v) is 6.56. The Kier molecular flexibility index (Phi) is 10.7. The summed E-state index contributed by atoms with van der Waals surface area (Å²) in [5, 5.41) is 1.58. The fourth-order valence-electron chi connectivity index (χ4n) is 3.69. The number of nitrogens with one attached hydrogen (secondary N) is 1.